The SMILES string of the molecule is NC1(c2ccc(Br)cc2)CCN(Cc2ccccc2)CC1. The Morgan fingerprint density at radius 3 is 2.19 bits per heavy atom. The van der Waals surface area contributed by atoms with E-state index in [2.05, 4.69) is 75.4 Å². The molecule has 0 radical (unpaired) electrons. The number of piperidine rings is 1. The molecule has 3 heteroatoms. The Hall–Kier alpha value is -1.16. The molecule has 0 spiro atoms. The molecule has 0 atom stereocenters. The normalized spacial score (nSPS) is 18.6. The molecule has 0 amide bonds. The highest BCUT2D eigenvalue weighted by molar-refractivity contribution is 9.10. The van der Waals surface area contributed by atoms with Crippen LogP contribution in [-0.2, 0) is 12.1 Å². The lowest BCUT2D eigenvalue weighted by molar-refractivity contribution is 0.155. The van der Waals surface area contributed by atoms with E-state index in [1.165, 1.54) is 11.1 Å². The first kappa shape index (κ1) is 14.8. The smallest absolute Gasteiger partial charge is 0.0434 e. The van der Waals surface area contributed by atoms with Gasteiger partial charge in [-0.1, -0.05) is 58.4 Å². The van der Waals surface area contributed by atoms with Gasteiger partial charge in [-0.2, -0.15) is 0 Å². The first-order valence-electron chi connectivity index (χ1n) is 7.47. The van der Waals surface area contributed by atoms with Crippen LogP contribution in [0.2, 0.25) is 0 Å². The van der Waals surface area contributed by atoms with Gasteiger partial charge in [0.2, 0.25) is 0 Å². The zero-order chi connectivity index (χ0) is 14.7. The molecule has 2 N–H and O–H groups in total. The minimum absolute atomic E-state index is 0.173. The molecule has 0 bridgehead atoms. The molecule has 1 aliphatic rings. The third-order valence-corrected chi connectivity index (χ3v) is 4.95. The molecule has 1 aliphatic heterocycles. The molecule has 1 heterocycles. The van der Waals surface area contributed by atoms with Gasteiger partial charge in [-0.05, 0) is 36.1 Å². The Balaban J connectivity index is 1.63. The number of halogens is 1. The number of hydrogen-bond donors (Lipinski definition) is 1. The van der Waals surface area contributed by atoms with Crippen molar-refractivity contribution in [2.24, 2.45) is 5.73 Å². The summed E-state index contributed by atoms with van der Waals surface area (Å²) >= 11 is 3.48. The maximum absolute atomic E-state index is 6.64. The summed E-state index contributed by atoms with van der Waals surface area (Å²) in [6.07, 6.45) is 2.03. The summed E-state index contributed by atoms with van der Waals surface area (Å²) in [5.41, 5.74) is 9.11. The first-order valence-corrected chi connectivity index (χ1v) is 8.26. The molecule has 1 fully saturated rings. The van der Waals surface area contributed by atoms with E-state index in [9.17, 15) is 0 Å². The second-order valence-electron chi connectivity index (χ2n) is 5.92. The van der Waals surface area contributed by atoms with Crippen LogP contribution in [-0.4, -0.2) is 18.0 Å². The first-order chi connectivity index (χ1) is 10.2. The van der Waals surface area contributed by atoms with Crippen molar-refractivity contribution >= 4 is 15.9 Å². The molecule has 110 valence electrons. The molecule has 1 saturated heterocycles. The van der Waals surface area contributed by atoms with Gasteiger partial charge in [0.15, 0.2) is 0 Å². The van der Waals surface area contributed by atoms with Gasteiger partial charge in [0.1, 0.15) is 0 Å². The predicted molar refractivity (Wildman–Crippen MR) is 91.0 cm³/mol. The highest BCUT2D eigenvalue weighted by Crippen LogP contribution is 2.31. The topological polar surface area (TPSA) is 29.3 Å². The lowest BCUT2D eigenvalue weighted by Gasteiger charge is -2.39. The monoisotopic (exact) mass is 344 g/mol. The molecular weight excluding hydrogens is 324 g/mol. The Morgan fingerprint density at radius 1 is 0.952 bits per heavy atom. The lowest BCUT2D eigenvalue weighted by Crippen LogP contribution is -2.47. The van der Waals surface area contributed by atoms with E-state index < -0.39 is 0 Å². The summed E-state index contributed by atoms with van der Waals surface area (Å²) in [5, 5.41) is 0. The number of likely N-dealkylation sites (tertiary alicyclic amines) is 1. The molecule has 2 aromatic carbocycles. The van der Waals surface area contributed by atoms with Crippen LogP contribution in [0.3, 0.4) is 0 Å². The maximum Gasteiger partial charge on any atom is 0.0434 e. The van der Waals surface area contributed by atoms with Gasteiger partial charge in [0.25, 0.3) is 0 Å². The maximum atomic E-state index is 6.64. The summed E-state index contributed by atoms with van der Waals surface area (Å²) in [5.74, 6) is 0. The Morgan fingerprint density at radius 2 is 1.57 bits per heavy atom. The van der Waals surface area contributed by atoms with Crippen molar-refractivity contribution in [1.82, 2.24) is 4.90 Å². The van der Waals surface area contributed by atoms with Crippen LogP contribution in [0.5, 0.6) is 0 Å². The summed E-state index contributed by atoms with van der Waals surface area (Å²) < 4.78 is 1.11. The molecule has 2 nitrogen and oxygen atoms in total. The van der Waals surface area contributed by atoms with Crippen molar-refractivity contribution in [3.8, 4) is 0 Å². The van der Waals surface area contributed by atoms with E-state index in [-0.39, 0.29) is 5.54 Å². The molecule has 0 saturated carbocycles. The molecular formula is C18H21BrN2. The Bertz CT molecular complexity index is 572. The minimum Gasteiger partial charge on any atom is -0.321 e. The zero-order valence-corrected chi connectivity index (χ0v) is 13.7. The molecule has 0 unspecified atom stereocenters. The average Bonchev–Trinajstić information content (AvgIpc) is 2.51. The summed E-state index contributed by atoms with van der Waals surface area (Å²) in [6, 6.07) is 19.1. The number of nitrogens with two attached hydrogens (primary N) is 1. The van der Waals surface area contributed by atoms with Crippen LogP contribution < -0.4 is 5.73 Å². The van der Waals surface area contributed by atoms with Crippen LogP contribution >= 0.6 is 15.9 Å². The van der Waals surface area contributed by atoms with Crippen LogP contribution in [0.25, 0.3) is 0 Å². The van der Waals surface area contributed by atoms with Gasteiger partial charge >= 0.3 is 0 Å². The standard InChI is InChI=1S/C18H21BrN2/c19-17-8-6-16(7-9-17)18(20)10-12-21(13-11-18)14-15-4-2-1-3-5-15/h1-9H,10-14,20H2. The molecule has 2 aromatic rings. The number of benzene rings is 2. The fourth-order valence-electron chi connectivity index (χ4n) is 3.02. The van der Waals surface area contributed by atoms with Gasteiger partial charge < -0.3 is 5.73 Å². The van der Waals surface area contributed by atoms with Gasteiger partial charge in [0.05, 0.1) is 0 Å². The third-order valence-electron chi connectivity index (χ3n) is 4.42. The van der Waals surface area contributed by atoms with Crippen LogP contribution in [0, 0.1) is 0 Å². The van der Waals surface area contributed by atoms with Crippen molar-refractivity contribution in [1.29, 1.82) is 0 Å². The number of rotatable bonds is 3. The molecule has 0 aliphatic carbocycles. The van der Waals surface area contributed by atoms with Gasteiger partial charge in [-0.3, -0.25) is 4.90 Å². The zero-order valence-electron chi connectivity index (χ0n) is 12.1. The van der Waals surface area contributed by atoms with Crippen molar-refractivity contribution in [2.75, 3.05) is 13.1 Å². The third kappa shape index (κ3) is 3.54. The average molecular weight is 345 g/mol. The van der Waals surface area contributed by atoms with E-state index in [1.54, 1.807) is 0 Å². The summed E-state index contributed by atoms with van der Waals surface area (Å²) in [6.45, 7) is 3.14. The van der Waals surface area contributed by atoms with Gasteiger partial charge in [-0.15, -0.1) is 0 Å². The molecule has 0 aromatic heterocycles. The van der Waals surface area contributed by atoms with Crippen LogP contribution in [0.4, 0.5) is 0 Å². The van der Waals surface area contributed by atoms with Gasteiger partial charge in [-0.25, -0.2) is 0 Å². The van der Waals surface area contributed by atoms with Gasteiger partial charge in [0, 0.05) is 29.6 Å². The van der Waals surface area contributed by atoms with E-state index in [0.717, 1.165) is 36.9 Å². The fourth-order valence-corrected chi connectivity index (χ4v) is 3.29. The quantitative estimate of drug-likeness (QED) is 0.914. The second kappa shape index (κ2) is 6.30. The van der Waals surface area contributed by atoms with Crippen molar-refractivity contribution in [2.45, 2.75) is 24.9 Å². The summed E-state index contributed by atoms with van der Waals surface area (Å²) in [4.78, 5) is 2.50. The minimum atomic E-state index is -0.173. The lowest BCUT2D eigenvalue weighted by atomic mass is 9.82. The van der Waals surface area contributed by atoms with E-state index in [0.29, 0.717) is 0 Å². The number of hydrogen-bond acceptors (Lipinski definition) is 2. The fraction of sp³-hybridized carbons (Fsp3) is 0.333. The Labute approximate surface area is 135 Å². The van der Waals surface area contributed by atoms with E-state index in [1.807, 2.05) is 0 Å². The number of nitrogens with zero attached hydrogens (tertiary/aromatic N) is 1. The van der Waals surface area contributed by atoms with Crippen molar-refractivity contribution in [3.63, 3.8) is 0 Å². The largest absolute Gasteiger partial charge is 0.321 e. The van der Waals surface area contributed by atoms with Crippen molar-refractivity contribution < 1.29 is 0 Å². The van der Waals surface area contributed by atoms with Crippen LogP contribution in [0.1, 0.15) is 24.0 Å². The van der Waals surface area contributed by atoms with E-state index in [4.69, 9.17) is 5.73 Å². The van der Waals surface area contributed by atoms with Crippen molar-refractivity contribution in [3.05, 3.63) is 70.2 Å². The summed E-state index contributed by atoms with van der Waals surface area (Å²) in [7, 11) is 0. The predicted octanol–water partition coefficient (Wildman–Crippen LogP) is 3.90. The highest BCUT2D eigenvalue weighted by atomic mass is 79.9. The molecule has 3 rings (SSSR count). The molecule has 21 heavy (non-hydrogen) atoms. The van der Waals surface area contributed by atoms with Crippen LogP contribution in [0.15, 0.2) is 59.1 Å². The highest BCUT2D eigenvalue weighted by Gasteiger charge is 2.32. The Kier molecular flexibility index (Phi) is 4.43. The van der Waals surface area contributed by atoms with E-state index >= 15 is 0 Å². The second-order valence-corrected chi connectivity index (χ2v) is 6.84.